The van der Waals surface area contributed by atoms with Crippen LogP contribution >= 0.6 is 0 Å². The van der Waals surface area contributed by atoms with Crippen molar-refractivity contribution in [1.29, 1.82) is 0 Å². The molecule has 1 heterocycles. The molecule has 2 fully saturated rings. The zero-order valence-electron chi connectivity index (χ0n) is 12.4. The summed E-state index contributed by atoms with van der Waals surface area (Å²) >= 11 is 0. The van der Waals surface area contributed by atoms with E-state index in [0.717, 1.165) is 19.4 Å². The normalized spacial score (nSPS) is 23.5. The monoisotopic (exact) mass is 292 g/mol. The summed E-state index contributed by atoms with van der Waals surface area (Å²) in [6.07, 6.45) is 2.76. The molecule has 0 bridgehead atoms. The highest BCUT2D eigenvalue weighted by Crippen LogP contribution is 2.31. The van der Waals surface area contributed by atoms with Crippen molar-refractivity contribution in [3.63, 3.8) is 0 Å². The third kappa shape index (κ3) is 3.02. The number of rotatable bonds is 5. The molecule has 0 spiro atoms. The van der Waals surface area contributed by atoms with Crippen molar-refractivity contribution in [2.24, 2.45) is 0 Å². The van der Waals surface area contributed by atoms with Crippen LogP contribution < -0.4 is 10.1 Å². The van der Waals surface area contributed by atoms with Gasteiger partial charge >= 0.3 is 0 Å². The Morgan fingerprint density at radius 3 is 2.81 bits per heavy atom. The number of carbonyl (C=O) groups excluding carboxylic acids is 1. The van der Waals surface area contributed by atoms with Crippen LogP contribution in [0.1, 0.15) is 37.8 Å². The SMILES string of the molecule is COc1ccc([C@@H](C)N[C@@H]2CC(=O)N(C3CC3)C2)c(F)c1. The maximum absolute atomic E-state index is 14.1. The number of nitrogens with one attached hydrogen (secondary N) is 1. The van der Waals surface area contributed by atoms with Gasteiger partial charge in [0.05, 0.1) is 7.11 Å². The van der Waals surface area contributed by atoms with Gasteiger partial charge in [-0.3, -0.25) is 4.79 Å². The summed E-state index contributed by atoms with van der Waals surface area (Å²) in [6, 6.07) is 5.32. The summed E-state index contributed by atoms with van der Waals surface area (Å²) < 4.78 is 19.1. The first kappa shape index (κ1) is 14.3. The van der Waals surface area contributed by atoms with Crippen LogP contribution in [0, 0.1) is 5.82 Å². The van der Waals surface area contributed by atoms with Gasteiger partial charge in [0, 0.05) is 42.7 Å². The molecule has 1 N–H and O–H groups in total. The number of nitrogens with zero attached hydrogens (tertiary/aromatic N) is 1. The number of amides is 1. The number of halogens is 1. The molecule has 5 heteroatoms. The molecule has 21 heavy (non-hydrogen) atoms. The van der Waals surface area contributed by atoms with Crippen LogP contribution in [0.3, 0.4) is 0 Å². The maximum Gasteiger partial charge on any atom is 0.224 e. The van der Waals surface area contributed by atoms with E-state index in [1.54, 1.807) is 12.1 Å². The van der Waals surface area contributed by atoms with Crippen molar-refractivity contribution < 1.29 is 13.9 Å². The van der Waals surface area contributed by atoms with E-state index in [-0.39, 0.29) is 23.8 Å². The molecular formula is C16H21FN2O2. The number of ether oxygens (including phenoxy) is 1. The molecule has 0 radical (unpaired) electrons. The number of hydrogen-bond donors (Lipinski definition) is 1. The lowest BCUT2D eigenvalue weighted by Crippen LogP contribution is -2.35. The zero-order chi connectivity index (χ0) is 15.0. The van der Waals surface area contributed by atoms with Crippen LogP contribution in [0.25, 0.3) is 0 Å². The molecule has 2 aliphatic rings. The van der Waals surface area contributed by atoms with Crippen molar-refractivity contribution in [2.75, 3.05) is 13.7 Å². The second kappa shape index (κ2) is 5.64. The van der Waals surface area contributed by atoms with Gasteiger partial charge in [-0.2, -0.15) is 0 Å². The number of likely N-dealkylation sites (tertiary alicyclic amines) is 1. The van der Waals surface area contributed by atoms with Gasteiger partial charge in [-0.05, 0) is 25.8 Å². The second-order valence-corrected chi connectivity index (χ2v) is 5.95. The summed E-state index contributed by atoms with van der Waals surface area (Å²) in [5.74, 6) is 0.453. The Bertz CT molecular complexity index is 545. The minimum absolute atomic E-state index is 0.106. The van der Waals surface area contributed by atoms with Crippen molar-refractivity contribution >= 4 is 5.91 Å². The fraction of sp³-hybridized carbons (Fsp3) is 0.562. The molecule has 1 aromatic carbocycles. The fourth-order valence-corrected chi connectivity index (χ4v) is 3.01. The highest BCUT2D eigenvalue weighted by atomic mass is 19.1. The van der Waals surface area contributed by atoms with Gasteiger partial charge in [-0.1, -0.05) is 6.07 Å². The van der Waals surface area contributed by atoms with E-state index < -0.39 is 0 Å². The third-order valence-electron chi connectivity index (χ3n) is 4.31. The number of methoxy groups -OCH3 is 1. The molecule has 0 unspecified atom stereocenters. The summed E-state index contributed by atoms with van der Waals surface area (Å²) in [5.41, 5.74) is 0.605. The molecule has 1 aliphatic carbocycles. The van der Waals surface area contributed by atoms with Gasteiger partial charge in [0.2, 0.25) is 5.91 Å². The summed E-state index contributed by atoms with van der Waals surface area (Å²) in [7, 11) is 1.52. The van der Waals surface area contributed by atoms with Crippen LogP contribution in [0.4, 0.5) is 4.39 Å². The van der Waals surface area contributed by atoms with Gasteiger partial charge in [0.25, 0.3) is 0 Å². The number of carbonyl (C=O) groups is 1. The summed E-state index contributed by atoms with van der Waals surface area (Å²) in [5, 5.41) is 3.37. The summed E-state index contributed by atoms with van der Waals surface area (Å²) in [4.78, 5) is 13.9. The Labute approximate surface area is 124 Å². The molecule has 0 aromatic heterocycles. The second-order valence-electron chi connectivity index (χ2n) is 5.95. The Balaban J connectivity index is 1.63. The topological polar surface area (TPSA) is 41.6 Å². The van der Waals surface area contributed by atoms with Crippen molar-refractivity contribution in [3.8, 4) is 5.75 Å². The minimum atomic E-state index is -0.280. The first-order valence-corrected chi connectivity index (χ1v) is 7.47. The van der Waals surface area contributed by atoms with E-state index in [1.807, 2.05) is 11.8 Å². The lowest BCUT2D eigenvalue weighted by molar-refractivity contribution is -0.128. The molecule has 3 rings (SSSR count). The number of hydrogen-bond acceptors (Lipinski definition) is 3. The maximum atomic E-state index is 14.1. The van der Waals surface area contributed by atoms with Gasteiger partial charge < -0.3 is 15.0 Å². The van der Waals surface area contributed by atoms with Crippen LogP contribution in [-0.2, 0) is 4.79 Å². The van der Waals surface area contributed by atoms with E-state index in [0.29, 0.717) is 23.8 Å². The molecule has 1 saturated heterocycles. The van der Waals surface area contributed by atoms with Gasteiger partial charge in [0.15, 0.2) is 0 Å². The Morgan fingerprint density at radius 2 is 2.19 bits per heavy atom. The van der Waals surface area contributed by atoms with Crippen LogP contribution in [-0.4, -0.2) is 36.5 Å². The van der Waals surface area contributed by atoms with Crippen molar-refractivity contribution in [3.05, 3.63) is 29.6 Å². The van der Waals surface area contributed by atoms with Crippen LogP contribution in [0.5, 0.6) is 5.75 Å². The van der Waals surface area contributed by atoms with Gasteiger partial charge in [0.1, 0.15) is 11.6 Å². The zero-order valence-corrected chi connectivity index (χ0v) is 12.4. The first-order chi connectivity index (χ1) is 10.1. The predicted octanol–water partition coefficient (Wildman–Crippen LogP) is 2.25. The van der Waals surface area contributed by atoms with Crippen LogP contribution in [0.2, 0.25) is 0 Å². The smallest absolute Gasteiger partial charge is 0.224 e. The molecular weight excluding hydrogens is 271 g/mol. The van der Waals surface area contributed by atoms with E-state index in [1.165, 1.54) is 13.2 Å². The largest absolute Gasteiger partial charge is 0.497 e. The van der Waals surface area contributed by atoms with E-state index in [9.17, 15) is 9.18 Å². The van der Waals surface area contributed by atoms with Gasteiger partial charge in [-0.15, -0.1) is 0 Å². The molecule has 4 nitrogen and oxygen atoms in total. The molecule has 1 amide bonds. The quantitative estimate of drug-likeness (QED) is 0.905. The summed E-state index contributed by atoms with van der Waals surface area (Å²) in [6.45, 7) is 2.67. The molecule has 1 aliphatic heterocycles. The molecule has 1 saturated carbocycles. The average Bonchev–Trinajstić information content (AvgIpc) is 3.23. The molecule has 1 aromatic rings. The van der Waals surface area contributed by atoms with E-state index in [2.05, 4.69) is 5.32 Å². The first-order valence-electron chi connectivity index (χ1n) is 7.47. The lowest BCUT2D eigenvalue weighted by atomic mass is 10.1. The van der Waals surface area contributed by atoms with E-state index >= 15 is 0 Å². The fourth-order valence-electron chi connectivity index (χ4n) is 3.01. The molecule has 114 valence electrons. The molecule has 2 atom stereocenters. The van der Waals surface area contributed by atoms with Crippen LogP contribution in [0.15, 0.2) is 18.2 Å². The highest BCUT2D eigenvalue weighted by Gasteiger charge is 2.39. The van der Waals surface area contributed by atoms with Gasteiger partial charge in [-0.25, -0.2) is 4.39 Å². The Morgan fingerprint density at radius 1 is 1.43 bits per heavy atom. The predicted molar refractivity (Wildman–Crippen MR) is 77.6 cm³/mol. The van der Waals surface area contributed by atoms with Crippen molar-refractivity contribution in [2.45, 2.75) is 44.3 Å². The third-order valence-corrected chi connectivity index (χ3v) is 4.31. The Hall–Kier alpha value is -1.62. The average molecular weight is 292 g/mol. The minimum Gasteiger partial charge on any atom is -0.497 e. The highest BCUT2D eigenvalue weighted by molar-refractivity contribution is 5.80. The van der Waals surface area contributed by atoms with Crippen molar-refractivity contribution in [1.82, 2.24) is 10.2 Å². The lowest BCUT2D eigenvalue weighted by Gasteiger charge is -2.21. The number of benzene rings is 1. The van der Waals surface area contributed by atoms with E-state index in [4.69, 9.17) is 4.74 Å². The Kier molecular flexibility index (Phi) is 3.85. The standard InChI is InChI=1S/C16H21FN2O2/c1-10(14-6-5-13(21-2)8-15(14)17)18-11-7-16(20)19(9-11)12-3-4-12/h5-6,8,10-12,18H,3-4,7,9H2,1-2H3/t10-,11-/m1/s1.